The van der Waals surface area contributed by atoms with E-state index in [2.05, 4.69) is 5.32 Å². The summed E-state index contributed by atoms with van der Waals surface area (Å²) < 4.78 is 36.0. The second kappa shape index (κ2) is 6.82. The normalized spacial score (nSPS) is 20.6. The summed E-state index contributed by atoms with van der Waals surface area (Å²) >= 11 is 0. The second-order valence-corrected chi connectivity index (χ2v) is 4.46. The third-order valence-corrected chi connectivity index (χ3v) is 2.96. The second-order valence-electron chi connectivity index (χ2n) is 4.46. The molecule has 1 saturated heterocycles. The number of piperidine rings is 1. The van der Waals surface area contributed by atoms with Gasteiger partial charge in [-0.15, -0.1) is 0 Å². The van der Waals surface area contributed by atoms with Gasteiger partial charge in [0, 0.05) is 19.1 Å². The highest BCUT2D eigenvalue weighted by Gasteiger charge is 2.29. The predicted octanol–water partition coefficient (Wildman–Crippen LogP) is 1.72. The van der Waals surface area contributed by atoms with Crippen LogP contribution in [0.25, 0.3) is 0 Å². The van der Waals surface area contributed by atoms with Crippen molar-refractivity contribution in [2.24, 2.45) is 0 Å². The van der Waals surface area contributed by atoms with E-state index in [9.17, 15) is 18.0 Å². The van der Waals surface area contributed by atoms with E-state index in [1.807, 2.05) is 5.32 Å². The molecule has 1 aliphatic rings. The minimum Gasteiger partial charge on any atom is -0.329 e. The van der Waals surface area contributed by atoms with Crippen molar-refractivity contribution in [1.29, 1.82) is 0 Å². The fraction of sp³-hybridized carbons (Fsp3) is 0.909. The molecule has 1 fully saturated rings. The molecule has 1 heterocycles. The van der Waals surface area contributed by atoms with Crippen molar-refractivity contribution >= 4 is 6.03 Å². The first kappa shape index (κ1) is 15.1. The number of nitrogens with one attached hydrogen (secondary N) is 2. The summed E-state index contributed by atoms with van der Waals surface area (Å²) in [6, 6.07) is -0.461. The van der Waals surface area contributed by atoms with Crippen LogP contribution in [0.4, 0.5) is 18.0 Å². The average Bonchev–Trinajstić information content (AvgIpc) is 2.33. The lowest BCUT2D eigenvalue weighted by molar-refractivity contribution is -0.123. The minimum atomic E-state index is -4.36. The molecule has 0 bridgehead atoms. The van der Waals surface area contributed by atoms with E-state index >= 15 is 0 Å². The Bertz CT molecular complexity index is 265. The zero-order chi connectivity index (χ0) is 13.6. The molecule has 0 aliphatic carbocycles. The van der Waals surface area contributed by atoms with E-state index in [0.717, 1.165) is 25.8 Å². The quantitative estimate of drug-likeness (QED) is 0.814. The monoisotopic (exact) mass is 267 g/mol. The topological polar surface area (TPSA) is 44.4 Å². The largest absolute Gasteiger partial charge is 0.405 e. The van der Waals surface area contributed by atoms with Crippen LogP contribution in [-0.2, 0) is 0 Å². The number of carbonyl (C=O) groups excluding carboxylic acids is 1. The van der Waals surface area contributed by atoms with Crippen molar-refractivity contribution in [3.8, 4) is 0 Å². The zero-order valence-corrected chi connectivity index (χ0v) is 10.5. The number of alkyl halides is 3. The molecule has 1 aliphatic heterocycles. The van der Waals surface area contributed by atoms with Crippen LogP contribution < -0.4 is 10.6 Å². The summed E-state index contributed by atoms with van der Waals surface area (Å²) in [5.41, 5.74) is 0. The first-order valence-electron chi connectivity index (χ1n) is 6.25. The summed E-state index contributed by atoms with van der Waals surface area (Å²) in [5, 5.41) is 5.16. The summed E-state index contributed by atoms with van der Waals surface area (Å²) in [6.07, 6.45) is -1.19. The number of urea groups is 1. The molecule has 7 heteroatoms. The Hall–Kier alpha value is -0.980. The standard InChI is InChI=1S/C11H20F3N3O/c1-2-17(7-9-5-3-4-6-15-9)10(18)16-8-11(12,13)14/h9,15H,2-8H2,1H3,(H,16,18). The van der Waals surface area contributed by atoms with Crippen LogP contribution in [0.2, 0.25) is 0 Å². The Balaban J connectivity index is 2.36. The molecular formula is C11H20F3N3O. The third kappa shape index (κ3) is 5.57. The molecule has 0 radical (unpaired) electrons. The van der Waals surface area contributed by atoms with E-state index < -0.39 is 18.8 Å². The Kier molecular flexibility index (Phi) is 5.71. The maximum absolute atomic E-state index is 12.0. The van der Waals surface area contributed by atoms with Crippen molar-refractivity contribution in [2.45, 2.75) is 38.4 Å². The Morgan fingerprint density at radius 2 is 2.17 bits per heavy atom. The Morgan fingerprint density at radius 3 is 2.67 bits per heavy atom. The number of carbonyl (C=O) groups is 1. The molecule has 4 nitrogen and oxygen atoms in total. The van der Waals surface area contributed by atoms with Crippen LogP contribution in [-0.4, -0.2) is 49.3 Å². The Morgan fingerprint density at radius 1 is 1.44 bits per heavy atom. The molecule has 18 heavy (non-hydrogen) atoms. The van der Waals surface area contributed by atoms with Gasteiger partial charge in [-0.05, 0) is 26.3 Å². The van der Waals surface area contributed by atoms with Gasteiger partial charge in [0.2, 0.25) is 0 Å². The molecule has 106 valence electrons. The molecular weight excluding hydrogens is 247 g/mol. The summed E-state index contributed by atoms with van der Waals surface area (Å²) in [5.74, 6) is 0. The third-order valence-electron chi connectivity index (χ3n) is 2.96. The highest BCUT2D eigenvalue weighted by atomic mass is 19.4. The first-order chi connectivity index (χ1) is 8.42. The van der Waals surface area contributed by atoms with Crippen molar-refractivity contribution in [3.63, 3.8) is 0 Å². The van der Waals surface area contributed by atoms with Gasteiger partial charge in [0.15, 0.2) is 0 Å². The SMILES string of the molecule is CCN(CC1CCCCN1)C(=O)NCC(F)(F)F. The lowest BCUT2D eigenvalue weighted by Crippen LogP contribution is -2.50. The molecule has 2 amide bonds. The smallest absolute Gasteiger partial charge is 0.329 e. The summed E-state index contributed by atoms with van der Waals surface area (Å²) in [4.78, 5) is 13.0. The van der Waals surface area contributed by atoms with Crippen molar-refractivity contribution < 1.29 is 18.0 Å². The van der Waals surface area contributed by atoms with E-state index in [1.165, 1.54) is 4.90 Å². The number of halogens is 3. The number of likely N-dealkylation sites (N-methyl/N-ethyl adjacent to an activating group) is 1. The number of rotatable bonds is 4. The highest BCUT2D eigenvalue weighted by Crippen LogP contribution is 2.13. The Labute approximate surface area is 105 Å². The molecule has 0 aromatic heterocycles. The molecule has 0 spiro atoms. The van der Waals surface area contributed by atoms with Gasteiger partial charge in [-0.25, -0.2) is 4.79 Å². The first-order valence-corrected chi connectivity index (χ1v) is 6.25. The number of hydrogen-bond acceptors (Lipinski definition) is 2. The van der Waals surface area contributed by atoms with E-state index in [-0.39, 0.29) is 6.04 Å². The van der Waals surface area contributed by atoms with Gasteiger partial charge in [-0.2, -0.15) is 13.2 Å². The van der Waals surface area contributed by atoms with Gasteiger partial charge in [0.1, 0.15) is 6.54 Å². The molecule has 0 aromatic carbocycles. The average molecular weight is 267 g/mol. The van der Waals surface area contributed by atoms with Gasteiger partial charge in [-0.3, -0.25) is 0 Å². The number of hydrogen-bond donors (Lipinski definition) is 2. The predicted molar refractivity (Wildman–Crippen MR) is 62.3 cm³/mol. The lowest BCUT2D eigenvalue weighted by Gasteiger charge is -2.30. The van der Waals surface area contributed by atoms with Gasteiger partial charge in [0.05, 0.1) is 0 Å². The van der Waals surface area contributed by atoms with Gasteiger partial charge in [0.25, 0.3) is 0 Å². The highest BCUT2D eigenvalue weighted by molar-refractivity contribution is 5.74. The van der Waals surface area contributed by atoms with Crippen LogP contribution in [0.5, 0.6) is 0 Å². The molecule has 1 atom stereocenters. The van der Waals surface area contributed by atoms with E-state index in [1.54, 1.807) is 6.92 Å². The van der Waals surface area contributed by atoms with E-state index in [0.29, 0.717) is 13.1 Å². The molecule has 0 saturated carbocycles. The van der Waals surface area contributed by atoms with Crippen LogP contribution in [0, 0.1) is 0 Å². The van der Waals surface area contributed by atoms with Crippen molar-refractivity contribution in [3.05, 3.63) is 0 Å². The summed E-state index contributed by atoms with van der Waals surface area (Å²) in [6.45, 7) is 2.25. The fourth-order valence-corrected chi connectivity index (χ4v) is 1.99. The molecule has 1 rings (SSSR count). The van der Waals surface area contributed by atoms with E-state index in [4.69, 9.17) is 0 Å². The maximum Gasteiger partial charge on any atom is 0.405 e. The minimum absolute atomic E-state index is 0.190. The number of amides is 2. The van der Waals surface area contributed by atoms with Gasteiger partial charge < -0.3 is 15.5 Å². The van der Waals surface area contributed by atoms with Gasteiger partial charge >= 0.3 is 12.2 Å². The van der Waals surface area contributed by atoms with Crippen LogP contribution in [0.1, 0.15) is 26.2 Å². The van der Waals surface area contributed by atoms with Crippen LogP contribution in [0.3, 0.4) is 0 Å². The summed E-state index contributed by atoms with van der Waals surface area (Å²) in [7, 11) is 0. The van der Waals surface area contributed by atoms with Crippen LogP contribution in [0.15, 0.2) is 0 Å². The zero-order valence-electron chi connectivity index (χ0n) is 10.5. The van der Waals surface area contributed by atoms with Crippen LogP contribution >= 0.6 is 0 Å². The molecule has 2 N–H and O–H groups in total. The van der Waals surface area contributed by atoms with Crippen molar-refractivity contribution in [2.75, 3.05) is 26.2 Å². The maximum atomic E-state index is 12.0. The van der Waals surface area contributed by atoms with Gasteiger partial charge in [-0.1, -0.05) is 6.42 Å². The molecule has 0 aromatic rings. The lowest BCUT2D eigenvalue weighted by atomic mass is 10.0. The fourth-order valence-electron chi connectivity index (χ4n) is 1.99. The molecule has 1 unspecified atom stereocenters. The van der Waals surface area contributed by atoms with Crippen molar-refractivity contribution in [1.82, 2.24) is 15.5 Å². The number of nitrogens with zero attached hydrogens (tertiary/aromatic N) is 1.